The van der Waals surface area contributed by atoms with E-state index in [9.17, 15) is 0 Å². The van der Waals surface area contributed by atoms with Crippen molar-refractivity contribution in [3.63, 3.8) is 0 Å². The molecule has 0 bridgehead atoms. The molecule has 0 aliphatic rings. The third-order valence-electron chi connectivity index (χ3n) is 2.10. The Morgan fingerprint density at radius 2 is 1.54 bits per heavy atom. The molecule has 0 saturated heterocycles. The number of aryl methyl sites for hydroxylation is 1. The first-order valence-electron chi connectivity index (χ1n) is 4.98. The smallest absolute Gasteiger partial charge is 0.168 e. The predicted octanol–water partition coefficient (Wildman–Crippen LogP) is 1.53. The number of rotatable bonds is 6. The minimum absolute atomic E-state index is 0.332. The molecule has 1 aromatic rings. The zero-order chi connectivity index (χ0) is 9.36. The van der Waals surface area contributed by atoms with Crippen LogP contribution in [-0.2, 0) is 6.54 Å². The van der Waals surface area contributed by atoms with Gasteiger partial charge < -0.3 is 5.11 Å². The highest BCUT2D eigenvalue weighted by Gasteiger charge is 1.96. The first-order chi connectivity index (χ1) is 6.43. The summed E-state index contributed by atoms with van der Waals surface area (Å²) in [5.74, 6) is 0. The van der Waals surface area contributed by atoms with Crippen molar-refractivity contribution >= 4 is 0 Å². The number of hydrogen-bond donors (Lipinski definition) is 1. The molecule has 2 nitrogen and oxygen atoms in total. The van der Waals surface area contributed by atoms with Crippen LogP contribution in [0.3, 0.4) is 0 Å². The third-order valence-corrected chi connectivity index (χ3v) is 2.10. The molecular formula is C11H18NO+. The van der Waals surface area contributed by atoms with Gasteiger partial charge in [-0.1, -0.05) is 12.5 Å². The quantitative estimate of drug-likeness (QED) is 0.521. The van der Waals surface area contributed by atoms with E-state index >= 15 is 0 Å². The maximum absolute atomic E-state index is 8.58. The van der Waals surface area contributed by atoms with Crippen LogP contribution in [0.4, 0.5) is 0 Å². The monoisotopic (exact) mass is 180 g/mol. The summed E-state index contributed by atoms with van der Waals surface area (Å²) in [6.07, 6.45) is 8.68. The lowest BCUT2D eigenvalue weighted by Gasteiger charge is -1.96. The van der Waals surface area contributed by atoms with Crippen molar-refractivity contribution in [1.82, 2.24) is 0 Å². The van der Waals surface area contributed by atoms with Gasteiger partial charge in [-0.05, 0) is 12.8 Å². The molecule has 1 N–H and O–H groups in total. The molecule has 1 aromatic heterocycles. The van der Waals surface area contributed by atoms with Gasteiger partial charge in [-0.2, -0.15) is 0 Å². The Morgan fingerprint density at radius 1 is 0.846 bits per heavy atom. The van der Waals surface area contributed by atoms with Crippen molar-refractivity contribution in [2.45, 2.75) is 32.2 Å². The minimum atomic E-state index is 0.332. The molecule has 1 heterocycles. The summed E-state index contributed by atoms with van der Waals surface area (Å²) in [7, 11) is 0. The van der Waals surface area contributed by atoms with Crippen LogP contribution >= 0.6 is 0 Å². The second-order valence-corrected chi connectivity index (χ2v) is 3.25. The van der Waals surface area contributed by atoms with Gasteiger partial charge in [0.05, 0.1) is 0 Å². The van der Waals surface area contributed by atoms with E-state index in [4.69, 9.17) is 5.11 Å². The van der Waals surface area contributed by atoms with Crippen molar-refractivity contribution in [2.24, 2.45) is 0 Å². The summed E-state index contributed by atoms with van der Waals surface area (Å²) < 4.78 is 2.19. The standard InChI is InChI=1S/C11H18NO/c13-11-7-2-1-4-8-12-9-5-3-6-10-12/h3,5-6,9-10,13H,1-2,4,7-8,11H2/q+1. The van der Waals surface area contributed by atoms with Gasteiger partial charge in [-0.3, -0.25) is 0 Å². The van der Waals surface area contributed by atoms with E-state index in [1.165, 1.54) is 12.8 Å². The molecule has 0 saturated carbocycles. The van der Waals surface area contributed by atoms with E-state index in [2.05, 4.69) is 17.0 Å². The molecule has 0 aliphatic heterocycles. The summed E-state index contributed by atoms with van der Waals surface area (Å²) in [4.78, 5) is 0. The molecule has 0 radical (unpaired) electrons. The first kappa shape index (κ1) is 10.2. The fourth-order valence-electron chi connectivity index (χ4n) is 1.34. The van der Waals surface area contributed by atoms with E-state index in [1.807, 2.05) is 18.2 Å². The van der Waals surface area contributed by atoms with Crippen molar-refractivity contribution in [2.75, 3.05) is 6.61 Å². The lowest BCUT2D eigenvalue weighted by molar-refractivity contribution is -0.697. The Bertz CT molecular complexity index is 211. The van der Waals surface area contributed by atoms with Gasteiger partial charge in [0.15, 0.2) is 12.4 Å². The Labute approximate surface area is 79.8 Å². The maximum Gasteiger partial charge on any atom is 0.168 e. The molecule has 0 unspecified atom stereocenters. The van der Waals surface area contributed by atoms with E-state index in [0.717, 1.165) is 19.4 Å². The topological polar surface area (TPSA) is 24.1 Å². The number of aliphatic hydroxyl groups is 1. The molecule has 2 heteroatoms. The average molecular weight is 180 g/mol. The van der Waals surface area contributed by atoms with E-state index < -0.39 is 0 Å². The Kier molecular flexibility index (Phi) is 5.18. The first-order valence-corrected chi connectivity index (χ1v) is 4.98. The van der Waals surface area contributed by atoms with Crippen LogP contribution in [0.25, 0.3) is 0 Å². The SMILES string of the molecule is OCCCCCC[n+]1ccccc1. The van der Waals surface area contributed by atoms with Crippen LogP contribution in [0.5, 0.6) is 0 Å². The zero-order valence-corrected chi connectivity index (χ0v) is 8.02. The maximum atomic E-state index is 8.58. The number of pyridine rings is 1. The highest BCUT2D eigenvalue weighted by atomic mass is 16.2. The highest BCUT2D eigenvalue weighted by molar-refractivity contribution is 4.83. The lowest BCUT2D eigenvalue weighted by Crippen LogP contribution is -2.32. The molecular weight excluding hydrogens is 162 g/mol. The van der Waals surface area contributed by atoms with Gasteiger partial charge in [-0.15, -0.1) is 0 Å². The summed E-state index contributed by atoms with van der Waals surface area (Å²) in [5, 5.41) is 8.58. The highest BCUT2D eigenvalue weighted by Crippen LogP contribution is 1.98. The van der Waals surface area contributed by atoms with Crippen molar-refractivity contribution < 1.29 is 9.67 Å². The summed E-state index contributed by atoms with van der Waals surface area (Å²) >= 11 is 0. The average Bonchev–Trinajstić information content (AvgIpc) is 2.19. The van der Waals surface area contributed by atoms with E-state index in [1.54, 1.807) is 0 Å². The van der Waals surface area contributed by atoms with Crippen LogP contribution in [0, 0.1) is 0 Å². The molecule has 1 rings (SSSR count). The number of hydrogen-bond acceptors (Lipinski definition) is 1. The number of nitrogens with zero attached hydrogens (tertiary/aromatic N) is 1. The summed E-state index contributed by atoms with van der Waals surface area (Å²) in [5.41, 5.74) is 0. The predicted molar refractivity (Wildman–Crippen MR) is 52.2 cm³/mol. The van der Waals surface area contributed by atoms with Crippen LogP contribution in [0.1, 0.15) is 25.7 Å². The molecule has 0 aliphatic carbocycles. The van der Waals surface area contributed by atoms with Crippen LogP contribution in [-0.4, -0.2) is 11.7 Å². The van der Waals surface area contributed by atoms with E-state index in [0.29, 0.717) is 6.61 Å². The molecule has 0 amide bonds. The van der Waals surface area contributed by atoms with Gasteiger partial charge in [0.2, 0.25) is 0 Å². The van der Waals surface area contributed by atoms with Gasteiger partial charge in [0.25, 0.3) is 0 Å². The number of aliphatic hydroxyl groups excluding tert-OH is 1. The molecule has 0 fully saturated rings. The lowest BCUT2D eigenvalue weighted by atomic mass is 10.2. The second kappa shape index (κ2) is 6.61. The van der Waals surface area contributed by atoms with Gasteiger partial charge in [0.1, 0.15) is 6.54 Å². The minimum Gasteiger partial charge on any atom is -0.396 e. The Hall–Kier alpha value is -0.890. The number of unbranched alkanes of at least 4 members (excludes halogenated alkanes) is 3. The van der Waals surface area contributed by atoms with Gasteiger partial charge in [0, 0.05) is 25.2 Å². The van der Waals surface area contributed by atoms with Gasteiger partial charge in [-0.25, -0.2) is 4.57 Å². The van der Waals surface area contributed by atoms with Crippen LogP contribution in [0.2, 0.25) is 0 Å². The summed E-state index contributed by atoms with van der Waals surface area (Å²) in [6.45, 7) is 1.42. The molecule has 72 valence electrons. The fourth-order valence-corrected chi connectivity index (χ4v) is 1.34. The molecule has 0 aromatic carbocycles. The largest absolute Gasteiger partial charge is 0.396 e. The van der Waals surface area contributed by atoms with Crippen LogP contribution < -0.4 is 4.57 Å². The third kappa shape index (κ3) is 4.63. The van der Waals surface area contributed by atoms with Gasteiger partial charge >= 0.3 is 0 Å². The van der Waals surface area contributed by atoms with Crippen LogP contribution in [0.15, 0.2) is 30.6 Å². The van der Waals surface area contributed by atoms with Crippen molar-refractivity contribution in [1.29, 1.82) is 0 Å². The van der Waals surface area contributed by atoms with E-state index in [-0.39, 0.29) is 0 Å². The summed E-state index contributed by atoms with van der Waals surface area (Å²) in [6, 6.07) is 6.13. The number of aromatic nitrogens is 1. The van der Waals surface area contributed by atoms with Crippen molar-refractivity contribution in [3.8, 4) is 0 Å². The zero-order valence-electron chi connectivity index (χ0n) is 8.02. The fraction of sp³-hybridized carbons (Fsp3) is 0.545. The molecule has 0 spiro atoms. The second-order valence-electron chi connectivity index (χ2n) is 3.25. The molecule has 13 heavy (non-hydrogen) atoms. The van der Waals surface area contributed by atoms with Crippen molar-refractivity contribution in [3.05, 3.63) is 30.6 Å². The Morgan fingerprint density at radius 3 is 2.23 bits per heavy atom. The Balaban J connectivity index is 2.07. The normalized spacial score (nSPS) is 10.2. The molecule has 0 atom stereocenters.